The molecule has 2 heterocycles. The molecule has 4 rings (SSSR count). The number of carbonyl (C=O) groups excluding carboxylic acids is 1. The number of amides is 1. The number of thioether (sulfide) groups is 1. The van der Waals surface area contributed by atoms with Gasteiger partial charge in [0.2, 0.25) is 0 Å². The molecule has 0 saturated heterocycles. The second kappa shape index (κ2) is 8.14. The van der Waals surface area contributed by atoms with E-state index in [1.807, 2.05) is 48.5 Å². The van der Waals surface area contributed by atoms with Crippen molar-refractivity contribution in [2.75, 3.05) is 11.2 Å². The summed E-state index contributed by atoms with van der Waals surface area (Å²) in [5, 5.41) is 0.724. The molecule has 2 aromatic carbocycles. The zero-order chi connectivity index (χ0) is 18.8. The molecule has 0 N–H and O–H groups in total. The van der Waals surface area contributed by atoms with Gasteiger partial charge in [0.25, 0.3) is 5.91 Å². The minimum atomic E-state index is -0.0290. The second-order valence-corrected chi connectivity index (χ2v) is 10.2. The second-order valence-electron chi connectivity index (χ2n) is 5.81. The topological polar surface area (TPSA) is 33.2 Å². The predicted molar refractivity (Wildman–Crippen MR) is 120 cm³/mol. The minimum absolute atomic E-state index is 0.0290. The van der Waals surface area contributed by atoms with E-state index in [2.05, 4.69) is 34.3 Å². The van der Waals surface area contributed by atoms with E-state index >= 15 is 0 Å². The summed E-state index contributed by atoms with van der Waals surface area (Å²) >= 11 is 8.15. The summed E-state index contributed by atoms with van der Waals surface area (Å²) in [6.07, 6.45) is 2.06. The van der Waals surface area contributed by atoms with E-state index in [1.165, 1.54) is 16.2 Å². The molecule has 1 amide bonds. The lowest BCUT2D eigenvalue weighted by atomic mass is 10.2. The van der Waals surface area contributed by atoms with Crippen molar-refractivity contribution in [1.82, 2.24) is 4.98 Å². The Morgan fingerprint density at radius 2 is 1.93 bits per heavy atom. The van der Waals surface area contributed by atoms with Crippen molar-refractivity contribution in [1.29, 1.82) is 0 Å². The molecule has 0 fully saturated rings. The maximum atomic E-state index is 13.2. The van der Waals surface area contributed by atoms with Crippen LogP contribution >= 0.6 is 50.4 Å². The number of benzene rings is 2. The van der Waals surface area contributed by atoms with Gasteiger partial charge in [-0.05, 0) is 58.1 Å². The lowest BCUT2D eigenvalue weighted by Crippen LogP contribution is -2.29. The molecule has 0 saturated carbocycles. The maximum Gasteiger partial charge on any atom is 0.270 e. The summed E-state index contributed by atoms with van der Waals surface area (Å²) in [5.74, 6) is -0.0290. The fraction of sp³-hybridized carbons (Fsp3) is 0.100. The summed E-state index contributed by atoms with van der Waals surface area (Å²) < 4.78 is 2.04. The zero-order valence-corrected chi connectivity index (χ0v) is 18.4. The van der Waals surface area contributed by atoms with Crippen LogP contribution in [0.2, 0.25) is 0 Å². The van der Waals surface area contributed by atoms with Crippen LogP contribution in [0.3, 0.4) is 0 Å². The molecule has 136 valence electrons. The highest BCUT2D eigenvalue weighted by molar-refractivity contribution is 9.11. The van der Waals surface area contributed by atoms with Crippen LogP contribution in [-0.2, 0) is 6.54 Å². The average Bonchev–Trinajstić information content (AvgIpc) is 3.31. The Morgan fingerprint density at radius 1 is 1.11 bits per heavy atom. The van der Waals surface area contributed by atoms with Crippen molar-refractivity contribution in [3.63, 3.8) is 0 Å². The first-order valence-electron chi connectivity index (χ1n) is 8.20. The van der Waals surface area contributed by atoms with Crippen LogP contribution in [0.1, 0.15) is 15.2 Å². The van der Waals surface area contributed by atoms with Gasteiger partial charge in [-0.1, -0.05) is 41.7 Å². The number of thiophene rings is 1. The van der Waals surface area contributed by atoms with E-state index in [0.29, 0.717) is 11.4 Å². The predicted octanol–water partition coefficient (Wildman–Crippen LogP) is 6.69. The fourth-order valence-corrected chi connectivity index (χ4v) is 5.54. The SMILES string of the molecule is CSc1ccc2nc(N(Cc3ccccc3)C(=O)c3ccc(Br)s3)sc2c1. The molecule has 0 aliphatic rings. The molecular formula is C20H15BrN2OS3. The van der Waals surface area contributed by atoms with Gasteiger partial charge in [0.05, 0.1) is 25.4 Å². The van der Waals surface area contributed by atoms with Crippen LogP contribution in [0.5, 0.6) is 0 Å². The summed E-state index contributed by atoms with van der Waals surface area (Å²) in [7, 11) is 0. The quantitative estimate of drug-likeness (QED) is 0.302. The van der Waals surface area contributed by atoms with Gasteiger partial charge < -0.3 is 0 Å². The normalized spacial score (nSPS) is 11.0. The first-order chi connectivity index (χ1) is 13.1. The standard InChI is InChI=1S/C20H15BrN2OS3/c1-25-14-7-8-15-17(11-14)27-20(22-15)23(12-13-5-3-2-4-6-13)19(24)16-9-10-18(21)26-16/h2-11H,12H2,1H3. The third kappa shape index (κ3) is 4.11. The van der Waals surface area contributed by atoms with Crippen molar-refractivity contribution in [3.8, 4) is 0 Å². The molecule has 2 aromatic heterocycles. The van der Waals surface area contributed by atoms with Gasteiger partial charge in [-0.3, -0.25) is 9.69 Å². The Bertz CT molecular complexity index is 1090. The Labute approximate surface area is 178 Å². The molecule has 4 aromatic rings. The highest BCUT2D eigenvalue weighted by Gasteiger charge is 2.23. The number of nitrogens with zero attached hydrogens (tertiary/aromatic N) is 2. The van der Waals surface area contributed by atoms with E-state index in [0.717, 1.165) is 24.7 Å². The van der Waals surface area contributed by atoms with Gasteiger partial charge in [0.1, 0.15) is 0 Å². The number of hydrogen-bond donors (Lipinski definition) is 0. The van der Waals surface area contributed by atoms with Gasteiger partial charge in [-0.15, -0.1) is 23.1 Å². The minimum Gasteiger partial charge on any atom is -0.279 e. The van der Waals surface area contributed by atoms with Crippen molar-refractivity contribution in [2.24, 2.45) is 0 Å². The van der Waals surface area contributed by atoms with Crippen molar-refractivity contribution < 1.29 is 4.79 Å². The maximum absolute atomic E-state index is 13.2. The van der Waals surface area contributed by atoms with Crippen LogP contribution < -0.4 is 4.90 Å². The number of hydrogen-bond acceptors (Lipinski definition) is 5. The molecule has 3 nitrogen and oxygen atoms in total. The van der Waals surface area contributed by atoms with Crippen LogP contribution in [0.15, 0.2) is 69.3 Å². The van der Waals surface area contributed by atoms with Crippen molar-refractivity contribution >= 4 is 71.6 Å². The van der Waals surface area contributed by atoms with E-state index in [-0.39, 0.29) is 5.91 Å². The molecule has 0 aliphatic heterocycles. The average molecular weight is 475 g/mol. The number of halogens is 1. The first-order valence-corrected chi connectivity index (χ1v) is 11.8. The molecule has 0 bridgehead atoms. The Morgan fingerprint density at radius 3 is 2.63 bits per heavy atom. The third-order valence-electron chi connectivity index (χ3n) is 4.03. The van der Waals surface area contributed by atoms with Gasteiger partial charge in [0.15, 0.2) is 5.13 Å². The molecule has 0 atom stereocenters. The lowest BCUT2D eigenvalue weighted by Gasteiger charge is -2.19. The Balaban J connectivity index is 1.75. The molecule has 7 heteroatoms. The van der Waals surface area contributed by atoms with E-state index in [9.17, 15) is 4.79 Å². The van der Waals surface area contributed by atoms with Gasteiger partial charge >= 0.3 is 0 Å². The molecule has 0 unspecified atom stereocenters. The molecule has 27 heavy (non-hydrogen) atoms. The molecular weight excluding hydrogens is 460 g/mol. The number of fused-ring (bicyclic) bond motifs is 1. The fourth-order valence-electron chi connectivity index (χ4n) is 2.69. The van der Waals surface area contributed by atoms with Crippen LogP contribution in [0.4, 0.5) is 5.13 Å². The number of aromatic nitrogens is 1. The van der Waals surface area contributed by atoms with Gasteiger partial charge in [-0.25, -0.2) is 4.98 Å². The highest BCUT2D eigenvalue weighted by atomic mass is 79.9. The zero-order valence-electron chi connectivity index (χ0n) is 14.4. The largest absolute Gasteiger partial charge is 0.279 e. The Hall–Kier alpha value is -1.67. The van der Waals surface area contributed by atoms with Crippen molar-refractivity contribution in [2.45, 2.75) is 11.4 Å². The Kier molecular flexibility index (Phi) is 5.63. The van der Waals surface area contributed by atoms with E-state index in [4.69, 9.17) is 4.98 Å². The number of anilines is 1. The van der Waals surface area contributed by atoms with E-state index in [1.54, 1.807) is 28.0 Å². The third-order valence-corrected chi connectivity index (χ3v) is 7.41. The molecule has 0 aliphatic carbocycles. The smallest absolute Gasteiger partial charge is 0.270 e. The highest BCUT2D eigenvalue weighted by Crippen LogP contribution is 2.34. The van der Waals surface area contributed by atoms with Gasteiger partial charge in [0, 0.05) is 4.90 Å². The number of carbonyl (C=O) groups is 1. The van der Waals surface area contributed by atoms with E-state index < -0.39 is 0 Å². The van der Waals surface area contributed by atoms with Crippen LogP contribution in [0.25, 0.3) is 10.2 Å². The monoisotopic (exact) mass is 474 g/mol. The number of rotatable bonds is 5. The summed E-state index contributed by atoms with van der Waals surface area (Å²) in [4.78, 5) is 21.7. The number of thiazole rings is 1. The van der Waals surface area contributed by atoms with Crippen LogP contribution in [0, 0.1) is 0 Å². The summed E-state index contributed by atoms with van der Waals surface area (Å²) in [6, 6.07) is 20.0. The lowest BCUT2D eigenvalue weighted by molar-refractivity contribution is 0.0989. The summed E-state index contributed by atoms with van der Waals surface area (Å²) in [5.41, 5.74) is 2.00. The molecule has 0 radical (unpaired) electrons. The first kappa shape index (κ1) is 18.7. The van der Waals surface area contributed by atoms with Crippen LogP contribution in [-0.4, -0.2) is 17.1 Å². The summed E-state index contributed by atoms with van der Waals surface area (Å²) in [6.45, 7) is 0.490. The van der Waals surface area contributed by atoms with Crippen molar-refractivity contribution in [3.05, 3.63) is 74.9 Å². The molecule has 0 spiro atoms. The van der Waals surface area contributed by atoms with Gasteiger partial charge in [-0.2, -0.15) is 0 Å².